The summed E-state index contributed by atoms with van der Waals surface area (Å²) in [5.74, 6) is 0.184. The summed E-state index contributed by atoms with van der Waals surface area (Å²) in [6, 6.07) is 7.72. The summed E-state index contributed by atoms with van der Waals surface area (Å²) in [4.78, 5) is 35.4. The molecule has 10 heteroatoms. The van der Waals surface area contributed by atoms with Gasteiger partial charge in [0.05, 0.1) is 30.7 Å². The van der Waals surface area contributed by atoms with E-state index in [4.69, 9.17) is 4.74 Å². The number of ether oxygens (including phenoxy) is 1. The third-order valence-corrected chi connectivity index (χ3v) is 5.56. The average molecular weight is 438 g/mol. The molecule has 1 aliphatic rings. The molecule has 32 heavy (non-hydrogen) atoms. The molecule has 3 aromatic rings. The van der Waals surface area contributed by atoms with E-state index in [9.17, 15) is 9.59 Å². The van der Waals surface area contributed by atoms with E-state index >= 15 is 0 Å². The lowest BCUT2D eigenvalue weighted by atomic mass is 10.1. The van der Waals surface area contributed by atoms with E-state index in [2.05, 4.69) is 25.7 Å². The largest absolute Gasteiger partial charge is 0.383 e. The SMILES string of the molecule is COCCNc1ncnc2c1cnn2CCNC(=O)C1CC(=O)N(c2ccccc2C)C1. The number of benzene rings is 1. The number of para-hydroxylation sites is 1. The smallest absolute Gasteiger partial charge is 0.227 e. The second-order valence-electron chi connectivity index (χ2n) is 7.73. The number of amides is 2. The first-order chi connectivity index (χ1) is 15.6. The van der Waals surface area contributed by atoms with Crippen LogP contribution in [-0.4, -0.2) is 64.9 Å². The first-order valence-electron chi connectivity index (χ1n) is 10.6. The van der Waals surface area contributed by atoms with Crippen molar-refractivity contribution in [3.05, 3.63) is 42.4 Å². The second kappa shape index (κ2) is 9.73. The van der Waals surface area contributed by atoms with Gasteiger partial charge in [-0.1, -0.05) is 18.2 Å². The molecule has 1 unspecified atom stereocenters. The number of nitrogens with one attached hydrogen (secondary N) is 2. The van der Waals surface area contributed by atoms with E-state index in [-0.39, 0.29) is 24.2 Å². The van der Waals surface area contributed by atoms with Gasteiger partial charge < -0.3 is 20.3 Å². The van der Waals surface area contributed by atoms with Crippen molar-refractivity contribution in [3.8, 4) is 0 Å². The highest BCUT2D eigenvalue weighted by molar-refractivity contribution is 6.00. The Morgan fingerprint density at radius 3 is 2.91 bits per heavy atom. The van der Waals surface area contributed by atoms with Crippen molar-refractivity contribution in [2.75, 3.05) is 43.6 Å². The van der Waals surface area contributed by atoms with Crippen molar-refractivity contribution in [1.82, 2.24) is 25.1 Å². The lowest BCUT2D eigenvalue weighted by molar-refractivity contribution is -0.126. The summed E-state index contributed by atoms with van der Waals surface area (Å²) in [7, 11) is 1.64. The zero-order valence-electron chi connectivity index (χ0n) is 18.2. The molecule has 0 bridgehead atoms. The highest BCUT2D eigenvalue weighted by atomic mass is 16.5. The molecule has 2 N–H and O–H groups in total. The maximum absolute atomic E-state index is 12.7. The van der Waals surface area contributed by atoms with Crippen LogP contribution in [0.25, 0.3) is 11.0 Å². The first kappa shape index (κ1) is 21.7. The van der Waals surface area contributed by atoms with Gasteiger partial charge in [0.25, 0.3) is 0 Å². The van der Waals surface area contributed by atoms with Gasteiger partial charge in [-0.15, -0.1) is 0 Å². The Morgan fingerprint density at radius 2 is 2.09 bits per heavy atom. The van der Waals surface area contributed by atoms with Crippen LogP contribution in [0.5, 0.6) is 0 Å². The van der Waals surface area contributed by atoms with Crippen LogP contribution in [0.2, 0.25) is 0 Å². The van der Waals surface area contributed by atoms with Crippen molar-refractivity contribution < 1.29 is 14.3 Å². The molecular formula is C22H27N7O3. The summed E-state index contributed by atoms with van der Waals surface area (Å²) >= 11 is 0. The van der Waals surface area contributed by atoms with Crippen LogP contribution in [0.1, 0.15) is 12.0 Å². The zero-order chi connectivity index (χ0) is 22.5. The number of aryl methyl sites for hydroxylation is 1. The van der Waals surface area contributed by atoms with E-state index in [0.717, 1.165) is 16.6 Å². The Labute approximate surface area is 186 Å². The van der Waals surface area contributed by atoms with Gasteiger partial charge in [0.15, 0.2) is 5.65 Å². The minimum absolute atomic E-state index is 0.0253. The van der Waals surface area contributed by atoms with Crippen LogP contribution in [0, 0.1) is 12.8 Å². The van der Waals surface area contributed by atoms with Gasteiger partial charge in [-0.05, 0) is 18.6 Å². The van der Waals surface area contributed by atoms with E-state index in [0.29, 0.717) is 44.3 Å². The number of aromatic nitrogens is 4. The molecule has 0 radical (unpaired) electrons. The highest BCUT2D eigenvalue weighted by Gasteiger charge is 2.35. The Balaban J connectivity index is 1.33. The van der Waals surface area contributed by atoms with Gasteiger partial charge in [-0.2, -0.15) is 5.10 Å². The Bertz CT molecular complexity index is 1110. The maximum Gasteiger partial charge on any atom is 0.227 e. The van der Waals surface area contributed by atoms with E-state index < -0.39 is 0 Å². The van der Waals surface area contributed by atoms with Crippen molar-refractivity contribution in [1.29, 1.82) is 0 Å². The van der Waals surface area contributed by atoms with Crippen LogP contribution in [0.15, 0.2) is 36.8 Å². The maximum atomic E-state index is 12.7. The number of nitrogens with zero attached hydrogens (tertiary/aromatic N) is 5. The fraction of sp³-hybridized carbons (Fsp3) is 0.409. The van der Waals surface area contributed by atoms with Gasteiger partial charge >= 0.3 is 0 Å². The van der Waals surface area contributed by atoms with Crippen LogP contribution in [0.3, 0.4) is 0 Å². The van der Waals surface area contributed by atoms with E-state index in [1.807, 2.05) is 31.2 Å². The molecule has 3 heterocycles. The molecule has 2 aromatic heterocycles. The van der Waals surface area contributed by atoms with Crippen molar-refractivity contribution >= 4 is 34.4 Å². The Kier molecular flexibility index (Phi) is 6.60. The van der Waals surface area contributed by atoms with Gasteiger partial charge in [-0.25, -0.2) is 14.6 Å². The fourth-order valence-electron chi connectivity index (χ4n) is 3.88. The number of hydrogen-bond donors (Lipinski definition) is 2. The molecule has 1 aliphatic heterocycles. The lowest BCUT2D eigenvalue weighted by Gasteiger charge is -2.19. The molecule has 4 rings (SSSR count). The molecule has 0 spiro atoms. The predicted octanol–water partition coefficient (Wildman–Crippen LogP) is 1.36. The van der Waals surface area contributed by atoms with E-state index in [1.54, 1.807) is 22.9 Å². The average Bonchev–Trinajstić information content (AvgIpc) is 3.38. The van der Waals surface area contributed by atoms with Gasteiger partial charge in [0.1, 0.15) is 12.1 Å². The molecule has 0 aliphatic carbocycles. The standard InChI is InChI=1S/C22H27N7O3/c1-15-5-3-4-6-18(15)28-13-16(11-19(28)30)22(31)24-7-9-29-21-17(12-27-29)20(25-14-26-21)23-8-10-32-2/h3-6,12,14,16H,7-11,13H2,1-2H3,(H,24,31)(H,23,25,26). The van der Waals surface area contributed by atoms with Gasteiger partial charge in [-0.3, -0.25) is 9.59 Å². The number of rotatable bonds is 9. The van der Waals surface area contributed by atoms with Crippen LogP contribution < -0.4 is 15.5 Å². The minimum Gasteiger partial charge on any atom is -0.383 e. The molecule has 1 fully saturated rings. The summed E-state index contributed by atoms with van der Waals surface area (Å²) in [5.41, 5.74) is 2.58. The number of carbonyl (C=O) groups is 2. The van der Waals surface area contributed by atoms with Crippen molar-refractivity contribution in [3.63, 3.8) is 0 Å². The predicted molar refractivity (Wildman–Crippen MR) is 120 cm³/mol. The molecule has 10 nitrogen and oxygen atoms in total. The Morgan fingerprint density at radius 1 is 1.25 bits per heavy atom. The van der Waals surface area contributed by atoms with Gasteiger partial charge in [0.2, 0.25) is 11.8 Å². The monoisotopic (exact) mass is 437 g/mol. The van der Waals surface area contributed by atoms with Crippen molar-refractivity contribution in [2.45, 2.75) is 19.9 Å². The number of fused-ring (bicyclic) bond motifs is 1. The summed E-state index contributed by atoms with van der Waals surface area (Å²) < 4.78 is 6.79. The van der Waals surface area contributed by atoms with Crippen molar-refractivity contribution in [2.24, 2.45) is 5.92 Å². The van der Waals surface area contributed by atoms with Gasteiger partial charge in [0, 0.05) is 38.9 Å². The normalized spacial score (nSPS) is 16.0. The molecule has 1 aromatic carbocycles. The summed E-state index contributed by atoms with van der Waals surface area (Å²) in [6.07, 6.45) is 3.41. The number of anilines is 2. The lowest BCUT2D eigenvalue weighted by Crippen LogP contribution is -2.35. The number of carbonyl (C=O) groups excluding carboxylic acids is 2. The zero-order valence-corrected chi connectivity index (χ0v) is 18.2. The first-order valence-corrected chi connectivity index (χ1v) is 10.6. The van der Waals surface area contributed by atoms with E-state index in [1.165, 1.54) is 6.33 Å². The molecule has 1 atom stereocenters. The fourth-order valence-corrected chi connectivity index (χ4v) is 3.88. The molecular weight excluding hydrogens is 410 g/mol. The summed E-state index contributed by atoms with van der Waals surface area (Å²) in [5, 5.41) is 11.3. The highest BCUT2D eigenvalue weighted by Crippen LogP contribution is 2.27. The summed E-state index contributed by atoms with van der Waals surface area (Å²) in [6.45, 7) is 4.41. The van der Waals surface area contributed by atoms with Crippen LogP contribution in [0.4, 0.5) is 11.5 Å². The molecule has 2 amide bonds. The third kappa shape index (κ3) is 4.54. The quantitative estimate of drug-likeness (QED) is 0.486. The molecule has 168 valence electrons. The Hall–Kier alpha value is -3.53. The third-order valence-electron chi connectivity index (χ3n) is 5.56. The molecule has 1 saturated heterocycles. The van der Waals surface area contributed by atoms with Crippen LogP contribution in [-0.2, 0) is 20.9 Å². The topological polar surface area (TPSA) is 114 Å². The number of methoxy groups -OCH3 is 1. The minimum atomic E-state index is -0.365. The molecule has 0 saturated carbocycles. The second-order valence-corrected chi connectivity index (χ2v) is 7.73. The number of hydrogen-bond acceptors (Lipinski definition) is 7. The van der Waals surface area contributed by atoms with Crippen LogP contribution >= 0.6 is 0 Å².